The van der Waals surface area contributed by atoms with Crippen molar-refractivity contribution >= 4 is 44.4 Å². The number of anilines is 1. The van der Waals surface area contributed by atoms with Gasteiger partial charge in [-0.1, -0.05) is 36.8 Å². The highest BCUT2D eigenvalue weighted by Gasteiger charge is 2.25. The van der Waals surface area contributed by atoms with Gasteiger partial charge in [0.25, 0.3) is 0 Å². The number of halogens is 1. The number of aromatic nitrogens is 1. The SMILES string of the molecule is CC(C)CCN(C(=O)OC(C)(C)C)c1nc2cc(Cl)ccc2s1. The average molecular weight is 355 g/mol. The van der Waals surface area contributed by atoms with Gasteiger partial charge in [0.05, 0.1) is 10.2 Å². The minimum absolute atomic E-state index is 0.358. The molecule has 1 amide bonds. The van der Waals surface area contributed by atoms with Crippen LogP contribution < -0.4 is 4.90 Å². The number of carbonyl (C=O) groups excluding carboxylic acids is 1. The first kappa shape index (κ1) is 18.0. The van der Waals surface area contributed by atoms with E-state index in [2.05, 4.69) is 18.8 Å². The molecular weight excluding hydrogens is 332 g/mol. The molecule has 0 aliphatic carbocycles. The number of fused-ring (bicyclic) bond motifs is 1. The van der Waals surface area contributed by atoms with Crippen LogP contribution in [-0.2, 0) is 4.74 Å². The minimum Gasteiger partial charge on any atom is -0.443 e. The van der Waals surface area contributed by atoms with Crippen LogP contribution >= 0.6 is 22.9 Å². The third-order valence-electron chi connectivity index (χ3n) is 3.11. The lowest BCUT2D eigenvalue weighted by Gasteiger charge is -2.26. The summed E-state index contributed by atoms with van der Waals surface area (Å²) in [4.78, 5) is 18.8. The fourth-order valence-electron chi connectivity index (χ4n) is 1.97. The lowest BCUT2D eigenvalue weighted by molar-refractivity contribution is 0.0579. The van der Waals surface area contributed by atoms with Crippen molar-refractivity contribution in [2.24, 2.45) is 5.92 Å². The number of carbonyl (C=O) groups is 1. The molecule has 23 heavy (non-hydrogen) atoms. The van der Waals surface area contributed by atoms with Crippen LogP contribution in [0.3, 0.4) is 0 Å². The maximum atomic E-state index is 12.6. The molecule has 6 heteroatoms. The predicted molar refractivity (Wildman–Crippen MR) is 97.7 cm³/mol. The number of hydrogen-bond acceptors (Lipinski definition) is 4. The van der Waals surface area contributed by atoms with E-state index in [9.17, 15) is 4.79 Å². The standard InChI is InChI=1S/C17H23ClN2O2S/c1-11(2)8-9-20(16(21)22-17(3,4)5)15-19-13-10-12(18)6-7-14(13)23-15/h6-7,10-11H,8-9H2,1-5H3. The Balaban J connectivity index is 2.32. The third kappa shape index (κ3) is 5.08. The van der Waals surface area contributed by atoms with E-state index >= 15 is 0 Å². The van der Waals surface area contributed by atoms with Gasteiger partial charge in [-0.15, -0.1) is 0 Å². The summed E-state index contributed by atoms with van der Waals surface area (Å²) >= 11 is 7.49. The highest BCUT2D eigenvalue weighted by Crippen LogP contribution is 2.31. The predicted octanol–water partition coefficient (Wildman–Crippen LogP) is 5.74. The number of nitrogens with zero attached hydrogens (tertiary/aromatic N) is 2. The largest absolute Gasteiger partial charge is 0.443 e. The topological polar surface area (TPSA) is 42.4 Å². The van der Waals surface area contributed by atoms with Crippen LogP contribution in [0, 0.1) is 5.92 Å². The van der Waals surface area contributed by atoms with Gasteiger partial charge in [0.2, 0.25) is 0 Å². The minimum atomic E-state index is -0.535. The van der Waals surface area contributed by atoms with E-state index in [1.54, 1.807) is 4.90 Å². The van der Waals surface area contributed by atoms with Gasteiger partial charge >= 0.3 is 6.09 Å². The van der Waals surface area contributed by atoms with Crippen molar-refractivity contribution in [1.29, 1.82) is 0 Å². The normalized spacial score (nSPS) is 12.0. The summed E-state index contributed by atoms with van der Waals surface area (Å²) in [5, 5.41) is 1.29. The molecule has 0 radical (unpaired) electrons. The second-order valence-corrected chi connectivity index (χ2v) is 8.37. The van der Waals surface area contributed by atoms with E-state index in [0.29, 0.717) is 22.6 Å². The molecule has 0 atom stereocenters. The Morgan fingerprint density at radius 3 is 2.70 bits per heavy atom. The highest BCUT2D eigenvalue weighted by atomic mass is 35.5. The van der Waals surface area contributed by atoms with Gasteiger partial charge in [0, 0.05) is 11.6 Å². The molecule has 0 aliphatic rings. The Kier molecular flexibility index (Phi) is 5.53. The molecule has 126 valence electrons. The number of ether oxygens (including phenoxy) is 1. The van der Waals surface area contributed by atoms with Crippen LogP contribution in [0.25, 0.3) is 10.2 Å². The van der Waals surface area contributed by atoms with Crippen LogP contribution in [0.4, 0.5) is 9.93 Å². The highest BCUT2D eigenvalue weighted by molar-refractivity contribution is 7.22. The quantitative estimate of drug-likeness (QED) is 0.703. The lowest BCUT2D eigenvalue weighted by atomic mass is 10.1. The van der Waals surface area contributed by atoms with Crippen LogP contribution in [0.5, 0.6) is 0 Å². The Bertz CT molecular complexity index is 691. The fraction of sp³-hybridized carbons (Fsp3) is 0.529. The number of thiazole rings is 1. The Labute approximate surface area is 146 Å². The average Bonchev–Trinajstić information content (AvgIpc) is 2.78. The molecule has 1 aromatic carbocycles. The van der Waals surface area contributed by atoms with Crippen LogP contribution in [-0.4, -0.2) is 23.2 Å². The van der Waals surface area contributed by atoms with Gasteiger partial charge < -0.3 is 4.74 Å². The Morgan fingerprint density at radius 2 is 2.09 bits per heavy atom. The van der Waals surface area contributed by atoms with Crippen molar-refractivity contribution in [3.8, 4) is 0 Å². The molecule has 2 rings (SSSR count). The lowest BCUT2D eigenvalue weighted by Crippen LogP contribution is -2.37. The molecule has 0 unspecified atom stereocenters. The van der Waals surface area contributed by atoms with E-state index in [4.69, 9.17) is 16.3 Å². The van der Waals surface area contributed by atoms with E-state index in [-0.39, 0.29) is 6.09 Å². The van der Waals surface area contributed by atoms with Gasteiger partial charge in [-0.25, -0.2) is 9.78 Å². The Hall–Kier alpha value is -1.33. The van der Waals surface area contributed by atoms with Crippen LogP contribution in [0.2, 0.25) is 5.02 Å². The van der Waals surface area contributed by atoms with Crippen molar-refractivity contribution in [2.45, 2.75) is 46.6 Å². The number of amides is 1. The van der Waals surface area contributed by atoms with Crippen molar-refractivity contribution in [1.82, 2.24) is 4.98 Å². The zero-order valence-corrected chi connectivity index (χ0v) is 15.8. The molecule has 0 bridgehead atoms. The molecule has 0 spiro atoms. The summed E-state index contributed by atoms with van der Waals surface area (Å²) in [7, 11) is 0. The summed E-state index contributed by atoms with van der Waals surface area (Å²) in [6.07, 6.45) is 0.527. The molecule has 1 heterocycles. The summed E-state index contributed by atoms with van der Waals surface area (Å²) in [5.74, 6) is 0.490. The molecule has 1 aromatic heterocycles. The van der Waals surface area contributed by atoms with Crippen molar-refractivity contribution < 1.29 is 9.53 Å². The first-order chi connectivity index (χ1) is 10.7. The summed E-state index contributed by atoms with van der Waals surface area (Å²) in [5.41, 5.74) is 0.267. The van der Waals surface area contributed by atoms with Gasteiger partial charge in [-0.3, -0.25) is 4.90 Å². The van der Waals surface area contributed by atoms with E-state index in [1.165, 1.54) is 11.3 Å². The summed E-state index contributed by atoms with van der Waals surface area (Å²) < 4.78 is 6.54. The zero-order valence-electron chi connectivity index (χ0n) is 14.2. The van der Waals surface area contributed by atoms with Crippen LogP contribution in [0.1, 0.15) is 41.0 Å². The maximum Gasteiger partial charge on any atom is 0.416 e. The second kappa shape index (κ2) is 7.05. The zero-order chi connectivity index (χ0) is 17.2. The number of benzene rings is 1. The van der Waals surface area contributed by atoms with Gasteiger partial charge in [-0.05, 0) is 51.3 Å². The van der Waals surface area contributed by atoms with E-state index in [0.717, 1.165) is 16.6 Å². The molecule has 2 aromatic rings. The third-order valence-corrected chi connectivity index (χ3v) is 4.41. The van der Waals surface area contributed by atoms with Gasteiger partial charge in [0.15, 0.2) is 5.13 Å². The number of hydrogen-bond donors (Lipinski definition) is 0. The Morgan fingerprint density at radius 1 is 1.39 bits per heavy atom. The molecular formula is C17H23ClN2O2S. The van der Waals surface area contributed by atoms with Crippen molar-refractivity contribution in [2.75, 3.05) is 11.4 Å². The summed E-state index contributed by atoms with van der Waals surface area (Å²) in [6, 6.07) is 5.57. The molecule has 0 aliphatic heterocycles. The molecule has 0 N–H and O–H groups in total. The molecule has 0 fully saturated rings. The van der Waals surface area contributed by atoms with Crippen molar-refractivity contribution in [3.63, 3.8) is 0 Å². The fourth-order valence-corrected chi connectivity index (χ4v) is 3.10. The maximum absolute atomic E-state index is 12.6. The smallest absolute Gasteiger partial charge is 0.416 e. The van der Waals surface area contributed by atoms with E-state index in [1.807, 2.05) is 39.0 Å². The van der Waals surface area contributed by atoms with Crippen molar-refractivity contribution in [3.05, 3.63) is 23.2 Å². The monoisotopic (exact) mass is 354 g/mol. The first-order valence-corrected chi connectivity index (χ1v) is 8.92. The first-order valence-electron chi connectivity index (χ1n) is 7.72. The van der Waals surface area contributed by atoms with Gasteiger partial charge in [-0.2, -0.15) is 0 Å². The molecule has 0 saturated carbocycles. The van der Waals surface area contributed by atoms with Gasteiger partial charge in [0.1, 0.15) is 5.60 Å². The van der Waals surface area contributed by atoms with E-state index < -0.39 is 5.60 Å². The second-order valence-electron chi connectivity index (χ2n) is 6.92. The molecule has 0 saturated heterocycles. The number of rotatable bonds is 4. The van der Waals surface area contributed by atoms with Crippen LogP contribution in [0.15, 0.2) is 18.2 Å². The molecule has 4 nitrogen and oxygen atoms in total. The summed E-state index contributed by atoms with van der Waals surface area (Å²) in [6.45, 7) is 10.4.